The van der Waals surface area contributed by atoms with Crippen LogP contribution in [0.2, 0.25) is 0 Å². The molecule has 6 nitrogen and oxygen atoms in total. The monoisotopic (exact) mass is 471 g/mol. The smallest absolute Gasteiger partial charge is 0.336 e. The van der Waals surface area contributed by atoms with Gasteiger partial charge < -0.3 is 19.2 Å². The molecule has 0 unspecified atom stereocenters. The number of ether oxygens (including phenoxy) is 2. The molecular formula is C23H22BrNO5. The molecule has 1 aromatic carbocycles. The molecule has 30 heavy (non-hydrogen) atoms. The van der Waals surface area contributed by atoms with Crippen molar-refractivity contribution in [3.05, 3.63) is 74.9 Å². The third-order valence-electron chi connectivity index (χ3n) is 5.34. The first-order valence-electron chi connectivity index (χ1n) is 9.77. The highest BCUT2D eigenvalue weighted by atomic mass is 79.9. The molecule has 0 saturated heterocycles. The second-order valence-corrected chi connectivity index (χ2v) is 8.22. The van der Waals surface area contributed by atoms with Crippen molar-refractivity contribution >= 4 is 27.7 Å². The van der Waals surface area contributed by atoms with Crippen molar-refractivity contribution in [3.63, 3.8) is 0 Å². The molecule has 0 saturated carbocycles. The van der Waals surface area contributed by atoms with E-state index in [0.29, 0.717) is 34.8 Å². The van der Waals surface area contributed by atoms with Crippen LogP contribution in [0.3, 0.4) is 0 Å². The van der Waals surface area contributed by atoms with Crippen molar-refractivity contribution in [2.45, 2.75) is 38.7 Å². The van der Waals surface area contributed by atoms with E-state index >= 15 is 0 Å². The normalized spacial score (nSPS) is 18.8. The number of benzene rings is 1. The van der Waals surface area contributed by atoms with Gasteiger partial charge in [-0.2, -0.15) is 0 Å². The number of allylic oxidation sites excluding steroid dienone is 3. The molecule has 2 heterocycles. The van der Waals surface area contributed by atoms with Crippen LogP contribution in [0, 0.1) is 0 Å². The summed E-state index contributed by atoms with van der Waals surface area (Å²) >= 11 is 3.40. The van der Waals surface area contributed by atoms with Gasteiger partial charge in [-0.15, -0.1) is 0 Å². The Kier molecular flexibility index (Phi) is 5.81. The lowest BCUT2D eigenvalue weighted by Gasteiger charge is -2.32. The number of hydrogen-bond acceptors (Lipinski definition) is 6. The van der Waals surface area contributed by atoms with Gasteiger partial charge in [0, 0.05) is 27.9 Å². The molecule has 1 aliphatic heterocycles. The molecule has 1 aliphatic carbocycles. The summed E-state index contributed by atoms with van der Waals surface area (Å²) in [5.41, 5.74) is 2.55. The van der Waals surface area contributed by atoms with Crippen molar-refractivity contribution in [2.75, 3.05) is 7.11 Å². The van der Waals surface area contributed by atoms with Gasteiger partial charge in [-0.1, -0.05) is 15.9 Å². The van der Waals surface area contributed by atoms with Crippen molar-refractivity contribution < 1.29 is 23.5 Å². The fourth-order valence-electron chi connectivity index (χ4n) is 3.96. The zero-order valence-electron chi connectivity index (χ0n) is 16.8. The second-order valence-electron chi connectivity index (χ2n) is 7.30. The van der Waals surface area contributed by atoms with Gasteiger partial charge in [0.05, 0.1) is 18.6 Å². The maximum absolute atomic E-state index is 12.8. The van der Waals surface area contributed by atoms with Gasteiger partial charge in [0.1, 0.15) is 23.9 Å². The Balaban J connectivity index is 1.64. The number of ketones is 1. The van der Waals surface area contributed by atoms with Crippen LogP contribution in [0.1, 0.15) is 43.6 Å². The minimum Gasteiger partial charge on any atom is -0.486 e. The van der Waals surface area contributed by atoms with E-state index < -0.39 is 11.9 Å². The number of furan rings is 1. The Bertz CT molecular complexity index is 1050. The standard InChI is InChI=1S/C23H22BrNO5/c1-13-20(23(27)28-2)22(21-17(25-13)4-3-5-18(21)26)19-11-10-16(30-19)12-29-15-8-6-14(24)7-9-15/h6-11,22,25H,3-5,12H2,1-2H3/t22-/m0/s1. The van der Waals surface area contributed by atoms with E-state index in [1.54, 1.807) is 6.07 Å². The Morgan fingerprint density at radius 1 is 1.20 bits per heavy atom. The van der Waals surface area contributed by atoms with E-state index in [1.165, 1.54) is 7.11 Å². The molecule has 156 valence electrons. The minimum absolute atomic E-state index is 0.0340. The lowest BCUT2D eigenvalue weighted by Crippen LogP contribution is -2.34. The average Bonchev–Trinajstić information content (AvgIpc) is 3.21. The molecule has 2 aliphatic rings. The fourth-order valence-corrected chi connectivity index (χ4v) is 4.23. The van der Waals surface area contributed by atoms with Gasteiger partial charge in [-0.25, -0.2) is 4.79 Å². The number of Topliss-reactive ketones (excluding diaryl/α,β-unsaturated/α-hetero) is 1. The van der Waals surface area contributed by atoms with E-state index in [1.807, 2.05) is 37.3 Å². The highest BCUT2D eigenvalue weighted by Gasteiger charge is 2.40. The highest BCUT2D eigenvalue weighted by Crippen LogP contribution is 2.43. The quantitative estimate of drug-likeness (QED) is 0.633. The van der Waals surface area contributed by atoms with Gasteiger partial charge in [0.15, 0.2) is 5.78 Å². The minimum atomic E-state index is -0.581. The summed E-state index contributed by atoms with van der Waals surface area (Å²) in [5, 5.41) is 3.24. The lowest BCUT2D eigenvalue weighted by molar-refractivity contribution is -0.136. The zero-order valence-corrected chi connectivity index (χ0v) is 18.4. The number of nitrogens with one attached hydrogen (secondary N) is 1. The van der Waals surface area contributed by atoms with Crippen LogP contribution in [0.5, 0.6) is 5.75 Å². The van der Waals surface area contributed by atoms with Crippen molar-refractivity contribution in [1.29, 1.82) is 0 Å². The predicted molar refractivity (Wildman–Crippen MR) is 114 cm³/mol. The highest BCUT2D eigenvalue weighted by molar-refractivity contribution is 9.10. The molecule has 0 radical (unpaired) electrons. The molecule has 0 spiro atoms. The lowest BCUT2D eigenvalue weighted by atomic mass is 9.77. The summed E-state index contributed by atoms with van der Waals surface area (Å²) in [5.74, 6) is 0.845. The molecule has 1 N–H and O–H groups in total. The summed E-state index contributed by atoms with van der Waals surface area (Å²) in [6.45, 7) is 2.06. The predicted octanol–water partition coefficient (Wildman–Crippen LogP) is 4.76. The van der Waals surface area contributed by atoms with Crippen molar-refractivity contribution in [3.8, 4) is 5.75 Å². The summed E-state index contributed by atoms with van der Waals surface area (Å²) in [7, 11) is 1.34. The van der Waals surface area contributed by atoms with E-state index in [-0.39, 0.29) is 12.4 Å². The van der Waals surface area contributed by atoms with E-state index in [0.717, 1.165) is 28.8 Å². The summed E-state index contributed by atoms with van der Waals surface area (Å²) in [4.78, 5) is 25.3. The van der Waals surface area contributed by atoms with Crippen LogP contribution in [-0.4, -0.2) is 18.9 Å². The summed E-state index contributed by atoms with van der Waals surface area (Å²) in [6, 6.07) is 11.1. The molecule has 7 heteroatoms. The second kappa shape index (κ2) is 8.52. The topological polar surface area (TPSA) is 77.8 Å². The van der Waals surface area contributed by atoms with E-state index in [2.05, 4.69) is 21.2 Å². The van der Waals surface area contributed by atoms with Crippen LogP contribution in [-0.2, 0) is 20.9 Å². The molecule has 4 rings (SSSR count). The van der Waals surface area contributed by atoms with Crippen molar-refractivity contribution in [1.82, 2.24) is 5.32 Å². The third kappa shape index (κ3) is 3.94. The number of dihydropyridines is 1. The number of halogens is 1. The first-order valence-corrected chi connectivity index (χ1v) is 10.6. The number of carbonyl (C=O) groups excluding carboxylic acids is 2. The number of rotatable bonds is 5. The molecule has 0 bridgehead atoms. The Labute approximate surface area is 183 Å². The molecule has 2 aromatic rings. The van der Waals surface area contributed by atoms with Crippen LogP contribution in [0.25, 0.3) is 0 Å². The Hall–Kier alpha value is -2.80. The molecule has 0 amide bonds. The number of hydrogen-bond donors (Lipinski definition) is 1. The Morgan fingerprint density at radius 2 is 1.97 bits per heavy atom. The first-order chi connectivity index (χ1) is 14.5. The third-order valence-corrected chi connectivity index (χ3v) is 5.87. The largest absolute Gasteiger partial charge is 0.486 e. The zero-order chi connectivity index (χ0) is 21.3. The number of methoxy groups -OCH3 is 1. The summed E-state index contributed by atoms with van der Waals surface area (Å²) < 4.78 is 17.8. The molecule has 1 aromatic heterocycles. The number of carbonyl (C=O) groups is 2. The maximum atomic E-state index is 12.8. The molecule has 0 fully saturated rings. The average molecular weight is 472 g/mol. The molecule has 1 atom stereocenters. The Morgan fingerprint density at radius 3 is 2.70 bits per heavy atom. The van der Waals surface area contributed by atoms with Gasteiger partial charge in [-0.05, 0) is 56.2 Å². The van der Waals surface area contributed by atoms with Gasteiger partial charge in [-0.3, -0.25) is 4.79 Å². The van der Waals surface area contributed by atoms with Crippen LogP contribution in [0.4, 0.5) is 0 Å². The number of esters is 1. The van der Waals surface area contributed by atoms with E-state index in [4.69, 9.17) is 13.9 Å². The fraction of sp³-hybridized carbons (Fsp3) is 0.304. The van der Waals surface area contributed by atoms with Crippen LogP contribution in [0.15, 0.2) is 67.8 Å². The van der Waals surface area contributed by atoms with Gasteiger partial charge in [0.2, 0.25) is 0 Å². The van der Waals surface area contributed by atoms with Crippen molar-refractivity contribution in [2.24, 2.45) is 0 Å². The van der Waals surface area contributed by atoms with Crippen LogP contribution < -0.4 is 10.1 Å². The maximum Gasteiger partial charge on any atom is 0.336 e. The van der Waals surface area contributed by atoms with Crippen LogP contribution >= 0.6 is 15.9 Å². The van der Waals surface area contributed by atoms with Gasteiger partial charge >= 0.3 is 5.97 Å². The van der Waals surface area contributed by atoms with E-state index in [9.17, 15) is 9.59 Å². The van der Waals surface area contributed by atoms with Gasteiger partial charge in [0.25, 0.3) is 0 Å². The SMILES string of the molecule is COC(=O)C1=C(C)NC2=C(C(=O)CCC2)[C@H]1c1ccc(COc2ccc(Br)cc2)o1. The summed E-state index contributed by atoms with van der Waals surface area (Å²) in [6.07, 6.45) is 2.02. The first kappa shape index (κ1) is 20.5. The molecular weight excluding hydrogens is 450 g/mol.